The Bertz CT molecular complexity index is 4890. The number of hydrogen-bond acceptors (Lipinski definition) is 10. The number of aryl methyl sites for hydroxylation is 1. The maximum atomic E-state index is 13.6. The lowest BCUT2D eigenvalue weighted by Crippen LogP contribution is -2.41. The number of methoxy groups -OCH3 is 1. The maximum absolute atomic E-state index is 13.6. The van der Waals surface area contributed by atoms with E-state index in [0.29, 0.717) is 44.8 Å². The van der Waals surface area contributed by atoms with Gasteiger partial charge >= 0.3 is 0 Å². The third-order valence-electron chi connectivity index (χ3n) is 17.3. The number of fused-ring (bicyclic) bond motifs is 6. The second-order valence-corrected chi connectivity index (χ2v) is 28.6. The van der Waals surface area contributed by atoms with E-state index in [2.05, 4.69) is 54.2 Å². The number of benzene rings is 6. The summed E-state index contributed by atoms with van der Waals surface area (Å²) in [6.07, 6.45) is 13.1. The van der Waals surface area contributed by atoms with Crippen LogP contribution in [0.15, 0.2) is 225 Å². The van der Waals surface area contributed by atoms with Crippen LogP contribution in [0.3, 0.4) is 0 Å². The molecule has 3 N–H and O–H groups in total. The van der Waals surface area contributed by atoms with E-state index in [0.717, 1.165) is 88.6 Å². The highest BCUT2D eigenvalue weighted by molar-refractivity contribution is 7.88. The van der Waals surface area contributed by atoms with E-state index in [1.165, 1.54) is 16.7 Å². The van der Waals surface area contributed by atoms with Crippen LogP contribution in [0.1, 0.15) is 90.6 Å². The predicted molar refractivity (Wildman–Crippen MR) is 353 cm³/mol. The highest BCUT2D eigenvalue weighted by Gasteiger charge is 2.41. The first kappa shape index (κ1) is 59.9. The molecule has 0 amide bonds. The topological polar surface area (TPSA) is 207 Å². The number of hydrogen-bond donors (Lipinski definition) is 3. The fourth-order valence-electron chi connectivity index (χ4n) is 13.1. The molecule has 12 aromatic rings. The fourth-order valence-corrected chi connectivity index (χ4v) is 18.2. The molecular weight excluding hydrogens is 1190 g/mol. The van der Waals surface area contributed by atoms with Crippen LogP contribution in [-0.2, 0) is 66.6 Å². The minimum absolute atomic E-state index is 0.00452. The molecule has 3 aliphatic heterocycles. The van der Waals surface area contributed by atoms with E-state index in [4.69, 9.17) is 4.74 Å². The molecule has 90 heavy (non-hydrogen) atoms. The molecule has 456 valence electrons. The molecule has 6 aromatic heterocycles. The summed E-state index contributed by atoms with van der Waals surface area (Å²) < 4.78 is 91.8. The number of aromatic nitrogens is 6. The minimum atomic E-state index is -3.57. The number of sulfonamides is 3. The molecule has 0 saturated heterocycles. The van der Waals surface area contributed by atoms with Gasteiger partial charge in [-0.25, -0.2) is 35.2 Å². The molecule has 0 radical (unpaired) electrons. The Morgan fingerprint density at radius 1 is 0.433 bits per heavy atom. The van der Waals surface area contributed by atoms with Crippen LogP contribution in [0.2, 0.25) is 0 Å². The van der Waals surface area contributed by atoms with Gasteiger partial charge in [-0.15, -0.1) is 0 Å². The number of ether oxygens (including phenoxy) is 1. The Morgan fingerprint density at radius 3 is 1.33 bits per heavy atom. The summed E-state index contributed by atoms with van der Waals surface area (Å²) in [5, 5.41) is 2.88. The summed E-state index contributed by atoms with van der Waals surface area (Å²) in [4.78, 5) is 22.8. The van der Waals surface area contributed by atoms with Crippen LogP contribution in [0.25, 0.3) is 32.8 Å². The highest BCUT2D eigenvalue weighted by Crippen LogP contribution is 2.44. The van der Waals surface area contributed by atoms with Gasteiger partial charge in [0.25, 0.3) is 0 Å². The van der Waals surface area contributed by atoms with Crippen molar-refractivity contribution < 1.29 is 30.0 Å². The molecular formula is C71H67N9O7S3. The second-order valence-electron chi connectivity index (χ2n) is 22.9. The van der Waals surface area contributed by atoms with Gasteiger partial charge < -0.3 is 19.7 Å². The number of rotatable bonds is 13. The van der Waals surface area contributed by atoms with Crippen LogP contribution in [-0.4, -0.2) is 94.8 Å². The van der Waals surface area contributed by atoms with Crippen LogP contribution < -0.4 is 4.74 Å². The normalized spacial score (nSPS) is 17.1. The van der Waals surface area contributed by atoms with Crippen molar-refractivity contribution in [2.24, 2.45) is 0 Å². The zero-order chi connectivity index (χ0) is 62.0. The van der Waals surface area contributed by atoms with Gasteiger partial charge in [0.05, 0.1) is 54.2 Å². The lowest BCUT2D eigenvalue weighted by Gasteiger charge is -2.36. The van der Waals surface area contributed by atoms with Gasteiger partial charge in [0.1, 0.15) is 11.2 Å². The summed E-state index contributed by atoms with van der Waals surface area (Å²) in [5.74, 6) is 0.453. The van der Waals surface area contributed by atoms with Crippen LogP contribution in [0.4, 0.5) is 0 Å². The predicted octanol–water partition coefficient (Wildman–Crippen LogP) is 12.4. The molecule has 9 heterocycles. The van der Waals surface area contributed by atoms with E-state index in [1.807, 2.05) is 196 Å². The first-order valence-corrected chi connectivity index (χ1v) is 34.8. The molecule has 0 fully saturated rings. The van der Waals surface area contributed by atoms with Crippen molar-refractivity contribution >= 4 is 62.9 Å². The first-order valence-electron chi connectivity index (χ1n) is 29.9. The van der Waals surface area contributed by atoms with E-state index in [-0.39, 0.29) is 29.3 Å². The van der Waals surface area contributed by atoms with Crippen molar-refractivity contribution in [2.75, 3.05) is 26.7 Å². The van der Waals surface area contributed by atoms with Crippen molar-refractivity contribution in [3.63, 3.8) is 0 Å². The van der Waals surface area contributed by atoms with Gasteiger partial charge in [0.15, 0.2) is 0 Å². The number of nitrogens with one attached hydrogen (secondary N) is 3. The largest absolute Gasteiger partial charge is 0.479 e. The van der Waals surface area contributed by atoms with Gasteiger partial charge in [0, 0.05) is 89.2 Å². The van der Waals surface area contributed by atoms with Gasteiger partial charge in [-0.2, -0.15) is 12.9 Å². The molecule has 0 saturated carbocycles. The molecule has 6 aromatic carbocycles. The quantitative estimate of drug-likeness (QED) is 0.0995. The second kappa shape index (κ2) is 25.4. The van der Waals surface area contributed by atoms with E-state index >= 15 is 0 Å². The van der Waals surface area contributed by atoms with Gasteiger partial charge in [-0.05, 0) is 101 Å². The number of nitrogens with zero attached hydrogens (tertiary/aromatic N) is 6. The zero-order valence-corrected chi connectivity index (χ0v) is 52.2. The molecule has 0 spiro atoms. The maximum Gasteiger partial charge on any atom is 0.238 e. The third kappa shape index (κ3) is 12.1. The Hall–Kier alpha value is -9.08. The van der Waals surface area contributed by atoms with E-state index < -0.39 is 36.1 Å². The molecule has 0 aliphatic carbocycles. The summed E-state index contributed by atoms with van der Waals surface area (Å²) in [6.45, 7) is 3.32. The molecule has 19 heteroatoms. The summed E-state index contributed by atoms with van der Waals surface area (Å²) in [7, 11) is -9.04. The Labute approximate surface area is 524 Å². The van der Waals surface area contributed by atoms with Crippen molar-refractivity contribution in [2.45, 2.75) is 61.6 Å². The fraction of sp³-hybridized carbons (Fsp3) is 0.197. The Morgan fingerprint density at radius 2 is 0.856 bits per heavy atom. The van der Waals surface area contributed by atoms with Crippen LogP contribution in [0.5, 0.6) is 5.88 Å². The van der Waals surface area contributed by atoms with Crippen molar-refractivity contribution in [1.29, 1.82) is 0 Å². The first-order chi connectivity index (χ1) is 43.7. The minimum Gasteiger partial charge on any atom is -0.479 e. The molecule has 0 unspecified atom stereocenters. The van der Waals surface area contributed by atoms with Gasteiger partial charge in [-0.1, -0.05) is 164 Å². The monoisotopic (exact) mass is 1250 g/mol. The highest BCUT2D eigenvalue weighted by atomic mass is 32.2. The molecule has 3 aliphatic rings. The van der Waals surface area contributed by atoms with Gasteiger partial charge in [0.2, 0.25) is 35.9 Å². The molecule has 16 nitrogen and oxygen atoms in total. The summed E-state index contributed by atoms with van der Waals surface area (Å²) in [6, 6.07) is 59.1. The van der Waals surface area contributed by atoms with Crippen molar-refractivity contribution in [3.8, 4) is 5.88 Å². The van der Waals surface area contributed by atoms with Crippen LogP contribution in [0, 0.1) is 6.92 Å². The van der Waals surface area contributed by atoms with Crippen molar-refractivity contribution in [1.82, 2.24) is 42.8 Å². The zero-order valence-electron chi connectivity index (χ0n) is 49.7. The lowest BCUT2D eigenvalue weighted by atomic mass is 9.90. The average molecular weight is 1250 g/mol. The van der Waals surface area contributed by atoms with Crippen LogP contribution >= 0.6 is 0 Å². The number of aromatic amines is 3. The number of H-pyrrole nitrogens is 3. The third-order valence-corrected chi connectivity index (χ3v) is 22.7. The SMILES string of the molecule is COc1nccc2c([C@@H]3c4ccccc4CCN3S(=O)(=O)Cc3ccccc3)c[nH]c12.Cc1cc2c([C@@H]3c4ccccc4CCN3S(=O)(=O)Cc3ccccc3)c[nH]c2cn1.O=S(=O)(Cc1ccccc1)N1CCc2ccccc2[C@H]1c1c[nH]c2ncccc12. The summed E-state index contributed by atoms with van der Waals surface area (Å²) in [5.41, 5.74) is 15.2. The van der Waals surface area contributed by atoms with E-state index in [1.54, 1.807) is 32.4 Å². The smallest absolute Gasteiger partial charge is 0.238 e. The molecule has 15 rings (SSSR count). The lowest BCUT2D eigenvalue weighted by molar-refractivity contribution is 0.344. The molecule has 0 bridgehead atoms. The Kier molecular flexibility index (Phi) is 16.9. The van der Waals surface area contributed by atoms with E-state index in [9.17, 15) is 25.3 Å². The van der Waals surface area contributed by atoms with Crippen molar-refractivity contribution in [3.05, 3.63) is 298 Å². The number of pyridine rings is 3. The summed E-state index contributed by atoms with van der Waals surface area (Å²) >= 11 is 0. The van der Waals surface area contributed by atoms with Gasteiger partial charge in [-0.3, -0.25) is 4.98 Å². The molecule has 3 atom stereocenters. The average Bonchev–Trinajstić information content (AvgIpc) is 1.44. The Balaban J connectivity index is 0.000000124. The standard InChI is InChI=1S/C24H23N3O3S.C24H23N3O2S.C23H21N3O2S/c1-30-24-22-20(11-13-25-24)21(15-26-22)23-19-10-6-5-9-18(19)12-14-27(23)31(28,29)16-17-7-3-2-4-8-17;1-17-13-21-22(14-26-23(21)15-25-17)24-20-10-6-5-9-19(20)11-12-27(24)30(28,29)16-18-7-3-2-4-8-18;27-29(28,16-17-7-2-1-3-8-17)26-14-12-18-9-4-5-10-19(18)22(26)21-15-25-23-20(21)11-6-13-24-23/h2-11,13,15,23,26H,12,14,16H2,1H3;2-10,13-15,24,26H,11-12,16H2,1H3;1-11,13,15,22H,12,14,16H2,(H,24,25)/t23-;24-;22-/m000/s1.